The lowest BCUT2D eigenvalue weighted by molar-refractivity contribution is -0.117. The number of hydrogen-bond acceptors (Lipinski definition) is 4. The first kappa shape index (κ1) is 12.7. The summed E-state index contributed by atoms with van der Waals surface area (Å²) in [6.07, 6.45) is 4.21. The number of pyridine rings is 1. The van der Waals surface area contributed by atoms with Crippen LogP contribution in [0, 0.1) is 5.92 Å². The van der Waals surface area contributed by atoms with E-state index in [0.29, 0.717) is 0 Å². The van der Waals surface area contributed by atoms with E-state index in [1.165, 1.54) is 0 Å². The smallest absolute Gasteiger partial charge is 0.228 e. The van der Waals surface area contributed by atoms with E-state index in [0.717, 1.165) is 23.7 Å². The number of aromatic nitrogens is 1. The first-order valence-corrected chi connectivity index (χ1v) is 6.63. The fourth-order valence-electron chi connectivity index (χ4n) is 2.38. The summed E-state index contributed by atoms with van der Waals surface area (Å²) in [7, 11) is 3.81. The van der Waals surface area contributed by atoms with Gasteiger partial charge in [-0.1, -0.05) is 0 Å². The Balaban J connectivity index is 1.69. The SMILES string of the molecule is CN(C)c1ncccc1NC(=O)[C@@H]1C[C@H]1c1ccco1. The monoisotopic (exact) mass is 271 g/mol. The van der Waals surface area contributed by atoms with Gasteiger partial charge in [0.2, 0.25) is 5.91 Å². The number of nitrogens with one attached hydrogen (secondary N) is 1. The molecular formula is C15H17N3O2. The van der Waals surface area contributed by atoms with Crippen LogP contribution in [0.2, 0.25) is 0 Å². The van der Waals surface area contributed by atoms with Crippen LogP contribution < -0.4 is 10.2 Å². The maximum Gasteiger partial charge on any atom is 0.228 e. The van der Waals surface area contributed by atoms with Crippen molar-refractivity contribution >= 4 is 17.4 Å². The highest BCUT2D eigenvalue weighted by atomic mass is 16.3. The first-order valence-electron chi connectivity index (χ1n) is 6.63. The predicted molar refractivity (Wildman–Crippen MR) is 76.7 cm³/mol. The van der Waals surface area contributed by atoms with E-state index < -0.39 is 0 Å². The van der Waals surface area contributed by atoms with Crippen molar-refractivity contribution in [3.63, 3.8) is 0 Å². The zero-order valence-corrected chi connectivity index (χ0v) is 11.5. The number of carbonyl (C=O) groups excluding carboxylic acids is 1. The molecule has 0 bridgehead atoms. The predicted octanol–water partition coefficient (Wildman–Crippen LogP) is 2.48. The molecular weight excluding hydrogens is 254 g/mol. The summed E-state index contributed by atoms with van der Waals surface area (Å²) in [6.45, 7) is 0. The van der Waals surface area contributed by atoms with E-state index in [1.54, 1.807) is 12.5 Å². The van der Waals surface area contributed by atoms with Crippen molar-refractivity contribution in [1.29, 1.82) is 0 Å². The Bertz CT molecular complexity index is 607. The molecule has 2 aromatic rings. The molecule has 0 saturated heterocycles. The van der Waals surface area contributed by atoms with Crippen molar-refractivity contribution in [3.8, 4) is 0 Å². The van der Waals surface area contributed by atoms with E-state index in [2.05, 4.69) is 10.3 Å². The van der Waals surface area contributed by atoms with Crippen LogP contribution in [0.5, 0.6) is 0 Å². The van der Waals surface area contributed by atoms with Crippen molar-refractivity contribution < 1.29 is 9.21 Å². The summed E-state index contributed by atoms with van der Waals surface area (Å²) in [5, 5.41) is 2.96. The minimum absolute atomic E-state index is 0.00336. The lowest BCUT2D eigenvalue weighted by atomic mass is 10.2. The van der Waals surface area contributed by atoms with E-state index in [-0.39, 0.29) is 17.7 Å². The molecule has 1 saturated carbocycles. The van der Waals surface area contributed by atoms with Gasteiger partial charge in [0.15, 0.2) is 5.82 Å². The Morgan fingerprint density at radius 3 is 2.95 bits per heavy atom. The zero-order chi connectivity index (χ0) is 14.1. The molecule has 104 valence electrons. The molecule has 0 radical (unpaired) electrons. The third-order valence-electron chi connectivity index (χ3n) is 3.50. The second-order valence-corrected chi connectivity index (χ2v) is 5.22. The summed E-state index contributed by atoms with van der Waals surface area (Å²) in [6, 6.07) is 7.46. The van der Waals surface area contributed by atoms with E-state index >= 15 is 0 Å². The van der Waals surface area contributed by atoms with Crippen LogP contribution in [-0.2, 0) is 4.79 Å². The van der Waals surface area contributed by atoms with Gasteiger partial charge in [-0.25, -0.2) is 4.98 Å². The minimum atomic E-state index is -0.00336. The molecule has 5 nitrogen and oxygen atoms in total. The number of rotatable bonds is 4. The largest absolute Gasteiger partial charge is 0.469 e. The molecule has 1 fully saturated rings. The molecule has 2 atom stereocenters. The summed E-state index contributed by atoms with van der Waals surface area (Å²) >= 11 is 0. The molecule has 3 rings (SSSR count). The molecule has 5 heteroatoms. The summed E-state index contributed by atoms with van der Waals surface area (Å²) in [4.78, 5) is 18.4. The van der Waals surface area contributed by atoms with Gasteiger partial charge < -0.3 is 14.6 Å². The Kier molecular flexibility index (Phi) is 3.18. The molecule has 0 aliphatic heterocycles. The molecule has 1 aliphatic rings. The number of carbonyl (C=O) groups is 1. The van der Waals surface area contributed by atoms with Gasteiger partial charge >= 0.3 is 0 Å². The second-order valence-electron chi connectivity index (χ2n) is 5.22. The van der Waals surface area contributed by atoms with Crippen LogP contribution in [0.15, 0.2) is 41.1 Å². The van der Waals surface area contributed by atoms with Gasteiger partial charge in [-0.15, -0.1) is 0 Å². The highest BCUT2D eigenvalue weighted by molar-refractivity contribution is 5.97. The quantitative estimate of drug-likeness (QED) is 0.928. The van der Waals surface area contributed by atoms with Crippen LogP contribution in [-0.4, -0.2) is 25.0 Å². The van der Waals surface area contributed by atoms with Crippen LogP contribution in [0.3, 0.4) is 0 Å². The highest BCUT2D eigenvalue weighted by Crippen LogP contribution is 2.48. The molecule has 1 amide bonds. The van der Waals surface area contributed by atoms with E-state index in [1.807, 2.05) is 43.3 Å². The van der Waals surface area contributed by atoms with Crippen molar-refractivity contribution in [3.05, 3.63) is 42.5 Å². The van der Waals surface area contributed by atoms with Gasteiger partial charge in [0.25, 0.3) is 0 Å². The fourth-order valence-corrected chi connectivity index (χ4v) is 2.38. The average molecular weight is 271 g/mol. The maximum absolute atomic E-state index is 12.3. The number of anilines is 2. The Morgan fingerprint density at radius 2 is 2.25 bits per heavy atom. The summed E-state index contributed by atoms with van der Waals surface area (Å²) < 4.78 is 5.35. The van der Waals surface area contributed by atoms with Crippen LogP contribution >= 0.6 is 0 Å². The molecule has 0 unspecified atom stereocenters. The normalized spacial score (nSPS) is 20.5. The van der Waals surface area contributed by atoms with Gasteiger partial charge in [-0.2, -0.15) is 0 Å². The molecule has 0 aromatic carbocycles. The third kappa shape index (κ3) is 2.39. The number of hydrogen-bond donors (Lipinski definition) is 1. The average Bonchev–Trinajstić information content (AvgIpc) is 3.05. The third-order valence-corrected chi connectivity index (χ3v) is 3.50. The molecule has 2 aromatic heterocycles. The topological polar surface area (TPSA) is 58.4 Å². The van der Waals surface area contributed by atoms with Crippen molar-refractivity contribution in [2.24, 2.45) is 5.92 Å². The van der Waals surface area contributed by atoms with Gasteiger partial charge in [0.1, 0.15) is 5.76 Å². The Labute approximate surface area is 117 Å². The molecule has 2 heterocycles. The molecule has 20 heavy (non-hydrogen) atoms. The van der Waals surface area contributed by atoms with Crippen LogP contribution in [0.4, 0.5) is 11.5 Å². The molecule has 1 aliphatic carbocycles. The Hall–Kier alpha value is -2.30. The lowest BCUT2D eigenvalue weighted by Gasteiger charge is -2.16. The first-order chi connectivity index (χ1) is 9.66. The lowest BCUT2D eigenvalue weighted by Crippen LogP contribution is -2.19. The zero-order valence-electron chi connectivity index (χ0n) is 11.5. The van der Waals surface area contributed by atoms with Crippen LogP contribution in [0.1, 0.15) is 18.1 Å². The van der Waals surface area contributed by atoms with E-state index in [4.69, 9.17) is 4.42 Å². The van der Waals surface area contributed by atoms with Crippen molar-refractivity contribution in [2.45, 2.75) is 12.3 Å². The number of nitrogens with zero attached hydrogens (tertiary/aromatic N) is 2. The van der Waals surface area contributed by atoms with Gasteiger partial charge in [-0.3, -0.25) is 4.79 Å². The minimum Gasteiger partial charge on any atom is -0.469 e. The Morgan fingerprint density at radius 1 is 1.40 bits per heavy atom. The molecule has 1 N–H and O–H groups in total. The number of furan rings is 1. The van der Waals surface area contributed by atoms with Crippen molar-refractivity contribution in [1.82, 2.24) is 4.98 Å². The second kappa shape index (κ2) is 5.00. The standard InChI is InChI=1S/C15H17N3O2/c1-18(2)14-12(5-3-7-16-14)17-15(19)11-9-10(11)13-6-4-8-20-13/h3-8,10-11H,9H2,1-2H3,(H,17,19)/t10-,11-/m1/s1. The van der Waals surface area contributed by atoms with Crippen LogP contribution in [0.25, 0.3) is 0 Å². The maximum atomic E-state index is 12.3. The van der Waals surface area contributed by atoms with E-state index in [9.17, 15) is 4.79 Å². The fraction of sp³-hybridized carbons (Fsp3) is 0.333. The highest BCUT2D eigenvalue weighted by Gasteiger charge is 2.45. The van der Waals surface area contributed by atoms with Gasteiger partial charge in [0.05, 0.1) is 12.0 Å². The molecule has 0 spiro atoms. The number of amides is 1. The summed E-state index contributed by atoms with van der Waals surface area (Å²) in [5.41, 5.74) is 0.743. The van der Waals surface area contributed by atoms with Gasteiger partial charge in [-0.05, 0) is 30.7 Å². The van der Waals surface area contributed by atoms with Crippen molar-refractivity contribution in [2.75, 3.05) is 24.3 Å². The van der Waals surface area contributed by atoms with Gasteiger partial charge in [0, 0.05) is 32.1 Å². The summed E-state index contributed by atoms with van der Waals surface area (Å²) in [5.74, 6) is 1.89.